The fourth-order valence-corrected chi connectivity index (χ4v) is 2.86. The van der Waals surface area contributed by atoms with Crippen molar-refractivity contribution in [3.8, 4) is 17.2 Å². The molecule has 1 aromatic heterocycles. The standard InChI is InChI=1S/C22H25NO2/c1-2-3-5-13-22(24)18-14-15-23(17-18)19-9-8-12-21(16-19)25-20-10-6-4-7-11-20/h4,6-12,14-17,22,24H,2-3,5,13H2,1H3. The second-order valence-electron chi connectivity index (χ2n) is 6.28. The summed E-state index contributed by atoms with van der Waals surface area (Å²) >= 11 is 0. The Bertz CT molecular complexity index is 779. The monoisotopic (exact) mass is 335 g/mol. The van der Waals surface area contributed by atoms with Crippen LogP contribution < -0.4 is 4.74 Å². The molecule has 0 radical (unpaired) electrons. The molecule has 25 heavy (non-hydrogen) atoms. The smallest absolute Gasteiger partial charge is 0.129 e. The summed E-state index contributed by atoms with van der Waals surface area (Å²) in [5.74, 6) is 1.61. The molecule has 130 valence electrons. The Hall–Kier alpha value is -2.52. The number of para-hydroxylation sites is 1. The summed E-state index contributed by atoms with van der Waals surface area (Å²) in [4.78, 5) is 0. The zero-order valence-electron chi connectivity index (χ0n) is 14.6. The van der Waals surface area contributed by atoms with Gasteiger partial charge in [0, 0.05) is 24.1 Å². The van der Waals surface area contributed by atoms with Gasteiger partial charge in [-0.2, -0.15) is 0 Å². The van der Waals surface area contributed by atoms with Crippen molar-refractivity contribution in [2.45, 2.75) is 38.7 Å². The van der Waals surface area contributed by atoms with Crippen molar-refractivity contribution in [3.63, 3.8) is 0 Å². The fourth-order valence-electron chi connectivity index (χ4n) is 2.86. The van der Waals surface area contributed by atoms with Crippen LogP contribution in [0, 0.1) is 0 Å². The molecule has 0 bridgehead atoms. The van der Waals surface area contributed by atoms with Gasteiger partial charge in [0.25, 0.3) is 0 Å². The van der Waals surface area contributed by atoms with Crippen LogP contribution in [0.1, 0.15) is 44.3 Å². The van der Waals surface area contributed by atoms with Crippen LogP contribution in [0.25, 0.3) is 5.69 Å². The fraction of sp³-hybridized carbons (Fsp3) is 0.273. The average Bonchev–Trinajstić information content (AvgIpc) is 3.13. The van der Waals surface area contributed by atoms with Crippen LogP contribution in [0.3, 0.4) is 0 Å². The third kappa shape index (κ3) is 4.74. The van der Waals surface area contributed by atoms with Crippen LogP contribution in [-0.2, 0) is 0 Å². The molecule has 1 atom stereocenters. The van der Waals surface area contributed by atoms with Crippen LogP contribution in [0.15, 0.2) is 73.1 Å². The van der Waals surface area contributed by atoms with E-state index < -0.39 is 6.10 Å². The zero-order valence-corrected chi connectivity index (χ0v) is 14.6. The molecule has 2 aromatic carbocycles. The zero-order chi connectivity index (χ0) is 17.5. The summed E-state index contributed by atoms with van der Waals surface area (Å²) in [6, 6.07) is 19.7. The summed E-state index contributed by atoms with van der Waals surface area (Å²) in [5, 5.41) is 10.3. The number of aliphatic hydroxyl groups is 1. The van der Waals surface area contributed by atoms with Crippen molar-refractivity contribution >= 4 is 0 Å². The van der Waals surface area contributed by atoms with Crippen molar-refractivity contribution in [1.29, 1.82) is 0 Å². The minimum Gasteiger partial charge on any atom is -0.457 e. The van der Waals surface area contributed by atoms with E-state index in [1.54, 1.807) is 0 Å². The molecule has 1 N–H and O–H groups in total. The summed E-state index contributed by atoms with van der Waals surface area (Å²) in [7, 11) is 0. The molecular weight excluding hydrogens is 310 g/mol. The summed E-state index contributed by atoms with van der Waals surface area (Å²) in [6.45, 7) is 2.17. The van der Waals surface area contributed by atoms with Gasteiger partial charge in [-0.05, 0) is 42.3 Å². The predicted octanol–water partition coefficient (Wildman–Crippen LogP) is 5.88. The number of nitrogens with zero attached hydrogens (tertiary/aromatic N) is 1. The minimum atomic E-state index is -0.392. The first-order chi connectivity index (χ1) is 12.3. The molecule has 3 nitrogen and oxygen atoms in total. The van der Waals surface area contributed by atoms with Crippen molar-refractivity contribution < 1.29 is 9.84 Å². The molecule has 0 saturated heterocycles. The molecule has 0 aliphatic rings. The van der Waals surface area contributed by atoms with E-state index in [1.807, 2.05) is 77.6 Å². The van der Waals surface area contributed by atoms with Gasteiger partial charge in [0.1, 0.15) is 11.5 Å². The van der Waals surface area contributed by atoms with Gasteiger partial charge in [0.05, 0.1) is 6.10 Å². The van der Waals surface area contributed by atoms with Gasteiger partial charge >= 0.3 is 0 Å². The number of aromatic nitrogens is 1. The Morgan fingerprint density at radius 1 is 0.960 bits per heavy atom. The third-order valence-corrected chi connectivity index (χ3v) is 4.28. The highest BCUT2D eigenvalue weighted by atomic mass is 16.5. The van der Waals surface area contributed by atoms with Gasteiger partial charge in [-0.25, -0.2) is 0 Å². The summed E-state index contributed by atoms with van der Waals surface area (Å²) in [5.41, 5.74) is 1.98. The largest absolute Gasteiger partial charge is 0.457 e. The highest BCUT2D eigenvalue weighted by Gasteiger charge is 2.09. The third-order valence-electron chi connectivity index (χ3n) is 4.28. The van der Waals surface area contributed by atoms with Crippen LogP contribution >= 0.6 is 0 Å². The first-order valence-electron chi connectivity index (χ1n) is 8.95. The lowest BCUT2D eigenvalue weighted by Gasteiger charge is -2.09. The van der Waals surface area contributed by atoms with E-state index in [9.17, 15) is 5.11 Å². The van der Waals surface area contributed by atoms with Crippen molar-refractivity contribution in [2.75, 3.05) is 0 Å². The highest BCUT2D eigenvalue weighted by Crippen LogP contribution is 2.25. The molecule has 0 saturated carbocycles. The van der Waals surface area contributed by atoms with Gasteiger partial charge in [-0.15, -0.1) is 0 Å². The molecule has 3 heteroatoms. The Balaban J connectivity index is 1.71. The number of hydrogen-bond acceptors (Lipinski definition) is 2. The Morgan fingerprint density at radius 2 is 1.76 bits per heavy atom. The number of rotatable bonds is 8. The Morgan fingerprint density at radius 3 is 2.56 bits per heavy atom. The maximum atomic E-state index is 10.3. The molecule has 0 aliphatic carbocycles. The topological polar surface area (TPSA) is 34.4 Å². The predicted molar refractivity (Wildman–Crippen MR) is 101 cm³/mol. The van der Waals surface area contributed by atoms with Gasteiger partial charge in [0.2, 0.25) is 0 Å². The van der Waals surface area contributed by atoms with Crippen LogP contribution in [-0.4, -0.2) is 9.67 Å². The molecular formula is C22H25NO2. The molecule has 0 aliphatic heterocycles. The van der Waals surface area contributed by atoms with E-state index in [1.165, 1.54) is 6.42 Å². The lowest BCUT2D eigenvalue weighted by Crippen LogP contribution is -1.96. The number of benzene rings is 2. The first-order valence-corrected chi connectivity index (χ1v) is 8.95. The van der Waals surface area contributed by atoms with Gasteiger partial charge in [-0.3, -0.25) is 0 Å². The van der Waals surface area contributed by atoms with E-state index in [2.05, 4.69) is 6.92 Å². The maximum absolute atomic E-state index is 10.3. The SMILES string of the molecule is CCCCCC(O)c1ccn(-c2cccc(Oc3ccccc3)c2)c1. The van der Waals surface area contributed by atoms with Crippen LogP contribution in [0.4, 0.5) is 0 Å². The van der Waals surface area contributed by atoms with E-state index in [-0.39, 0.29) is 0 Å². The first kappa shape index (κ1) is 17.3. The van der Waals surface area contributed by atoms with E-state index >= 15 is 0 Å². The van der Waals surface area contributed by atoms with Crippen LogP contribution in [0.5, 0.6) is 11.5 Å². The second kappa shape index (κ2) is 8.54. The van der Waals surface area contributed by atoms with Gasteiger partial charge in [0.15, 0.2) is 0 Å². The van der Waals surface area contributed by atoms with Crippen LogP contribution in [0.2, 0.25) is 0 Å². The van der Waals surface area contributed by atoms with Crippen molar-refractivity contribution in [2.24, 2.45) is 0 Å². The summed E-state index contributed by atoms with van der Waals surface area (Å²) in [6.07, 6.45) is 7.80. The molecule has 0 fully saturated rings. The molecule has 0 amide bonds. The molecule has 0 spiro atoms. The lowest BCUT2D eigenvalue weighted by molar-refractivity contribution is 0.163. The van der Waals surface area contributed by atoms with Crippen molar-refractivity contribution in [1.82, 2.24) is 4.57 Å². The van der Waals surface area contributed by atoms with E-state index in [0.29, 0.717) is 0 Å². The normalized spacial score (nSPS) is 12.1. The summed E-state index contributed by atoms with van der Waals surface area (Å²) < 4.78 is 7.92. The quantitative estimate of drug-likeness (QED) is 0.521. The average molecular weight is 335 g/mol. The molecule has 1 unspecified atom stereocenters. The van der Waals surface area contributed by atoms with Gasteiger partial charge < -0.3 is 14.4 Å². The second-order valence-corrected chi connectivity index (χ2v) is 6.28. The number of hydrogen-bond donors (Lipinski definition) is 1. The Kier molecular flexibility index (Phi) is 5.91. The minimum absolute atomic E-state index is 0.392. The van der Waals surface area contributed by atoms with E-state index in [4.69, 9.17) is 4.74 Å². The lowest BCUT2D eigenvalue weighted by atomic mass is 10.1. The Labute approximate surface area is 149 Å². The highest BCUT2D eigenvalue weighted by molar-refractivity contribution is 5.42. The van der Waals surface area contributed by atoms with Gasteiger partial charge in [-0.1, -0.05) is 50.5 Å². The number of aliphatic hydroxyl groups excluding tert-OH is 1. The van der Waals surface area contributed by atoms with E-state index in [0.717, 1.165) is 42.0 Å². The maximum Gasteiger partial charge on any atom is 0.129 e. The number of unbranched alkanes of at least 4 members (excludes halogenated alkanes) is 2. The van der Waals surface area contributed by atoms with Crippen molar-refractivity contribution in [3.05, 3.63) is 78.6 Å². The molecule has 1 heterocycles. The number of ether oxygens (including phenoxy) is 1. The molecule has 3 rings (SSSR count). The molecule has 3 aromatic rings.